The predicted octanol–water partition coefficient (Wildman–Crippen LogP) is 3.78. The minimum atomic E-state index is -4.42. The molecule has 4 rings (SSSR count). The van der Waals surface area contributed by atoms with Gasteiger partial charge < -0.3 is 10.6 Å². The average Bonchev–Trinajstić information content (AvgIpc) is 2.74. The van der Waals surface area contributed by atoms with Crippen molar-refractivity contribution in [3.05, 3.63) is 82.6 Å². The van der Waals surface area contributed by atoms with Gasteiger partial charge in [0.2, 0.25) is 0 Å². The lowest BCUT2D eigenvalue weighted by molar-refractivity contribution is -0.141. The number of aromatic nitrogens is 3. The van der Waals surface area contributed by atoms with Gasteiger partial charge in [-0.05, 0) is 23.6 Å². The van der Waals surface area contributed by atoms with Gasteiger partial charge in [0.25, 0.3) is 0 Å². The van der Waals surface area contributed by atoms with Crippen molar-refractivity contribution in [2.75, 3.05) is 18.4 Å². The molecule has 1 aromatic carbocycles. The van der Waals surface area contributed by atoms with Crippen molar-refractivity contribution in [2.45, 2.75) is 32.0 Å². The third-order valence-electron chi connectivity index (χ3n) is 5.01. The maximum absolute atomic E-state index is 12.7. The third kappa shape index (κ3) is 4.94. The molecule has 2 N–H and O–H groups in total. The van der Waals surface area contributed by atoms with E-state index in [0.717, 1.165) is 53.1 Å². The zero-order valence-electron chi connectivity index (χ0n) is 16.3. The molecule has 0 unspecified atom stereocenters. The highest BCUT2D eigenvalue weighted by Crippen LogP contribution is 2.27. The van der Waals surface area contributed by atoms with Crippen molar-refractivity contribution in [2.24, 2.45) is 0 Å². The molecule has 1 aliphatic rings. The van der Waals surface area contributed by atoms with Gasteiger partial charge in [-0.15, -0.1) is 0 Å². The second kappa shape index (κ2) is 8.79. The third-order valence-corrected chi connectivity index (χ3v) is 5.01. The zero-order valence-corrected chi connectivity index (χ0v) is 16.3. The number of fused-ring (bicyclic) bond motifs is 1. The van der Waals surface area contributed by atoms with Crippen LogP contribution in [-0.4, -0.2) is 28.0 Å². The number of pyridine rings is 1. The molecule has 2 aromatic heterocycles. The molecule has 1 aliphatic heterocycles. The normalized spacial score (nSPS) is 13.7. The van der Waals surface area contributed by atoms with E-state index in [1.807, 2.05) is 18.2 Å². The van der Waals surface area contributed by atoms with Crippen LogP contribution in [0.1, 0.15) is 33.9 Å². The molecule has 0 atom stereocenters. The van der Waals surface area contributed by atoms with Gasteiger partial charge in [0.05, 0.1) is 5.69 Å². The SMILES string of the molecule is FC(F)(F)c1ccc(CCNc2nc(Cc3ccccc3)nc3c2CNCC3)cn1. The summed E-state index contributed by atoms with van der Waals surface area (Å²) in [7, 11) is 0. The number of rotatable bonds is 6. The molecule has 5 nitrogen and oxygen atoms in total. The van der Waals surface area contributed by atoms with Crippen LogP contribution in [0.4, 0.5) is 19.0 Å². The van der Waals surface area contributed by atoms with Crippen LogP contribution in [0.2, 0.25) is 0 Å². The van der Waals surface area contributed by atoms with Gasteiger partial charge in [-0.2, -0.15) is 13.2 Å². The Kier molecular flexibility index (Phi) is 5.94. The summed E-state index contributed by atoms with van der Waals surface area (Å²) >= 11 is 0. The van der Waals surface area contributed by atoms with E-state index in [-0.39, 0.29) is 0 Å². The quantitative estimate of drug-likeness (QED) is 0.644. The second-order valence-corrected chi connectivity index (χ2v) is 7.23. The van der Waals surface area contributed by atoms with E-state index in [4.69, 9.17) is 9.97 Å². The summed E-state index contributed by atoms with van der Waals surface area (Å²) in [5.74, 6) is 1.55. The van der Waals surface area contributed by atoms with Crippen molar-refractivity contribution in [1.29, 1.82) is 0 Å². The molecule has 0 spiro atoms. The van der Waals surface area contributed by atoms with Gasteiger partial charge in [-0.1, -0.05) is 36.4 Å². The van der Waals surface area contributed by atoms with Gasteiger partial charge in [0.15, 0.2) is 0 Å². The van der Waals surface area contributed by atoms with Crippen LogP contribution in [0, 0.1) is 0 Å². The molecule has 0 fully saturated rings. The Labute approximate surface area is 172 Å². The van der Waals surface area contributed by atoms with Gasteiger partial charge in [0, 0.05) is 44.2 Å². The van der Waals surface area contributed by atoms with E-state index in [0.29, 0.717) is 25.9 Å². The van der Waals surface area contributed by atoms with Crippen molar-refractivity contribution in [3.8, 4) is 0 Å². The Morgan fingerprint density at radius 1 is 1.00 bits per heavy atom. The maximum atomic E-state index is 12.7. The van der Waals surface area contributed by atoms with E-state index < -0.39 is 11.9 Å². The van der Waals surface area contributed by atoms with Crippen LogP contribution in [-0.2, 0) is 32.0 Å². The second-order valence-electron chi connectivity index (χ2n) is 7.23. The first-order valence-corrected chi connectivity index (χ1v) is 9.88. The first-order chi connectivity index (χ1) is 14.5. The van der Waals surface area contributed by atoms with Crippen molar-refractivity contribution >= 4 is 5.82 Å². The van der Waals surface area contributed by atoms with Crippen LogP contribution in [0.3, 0.4) is 0 Å². The predicted molar refractivity (Wildman–Crippen MR) is 108 cm³/mol. The number of halogens is 3. The standard InChI is InChI=1S/C22H22F3N5/c23-22(24,25)19-7-6-16(13-28-19)8-11-27-21-17-14-26-10-9-18(17)29-20(30-21)12-15-4-2-1-3-5-15/h1-7,13,26H,8-12,14H2,(H,27,29,30). The topological polar surface area (TPSA) is 62.7 Å². The van der Waals surface area contributed by atoms with Crippen molar-refractivity contribution in [3.63, 3.8) is 0 Å². The number of anilines is 1. The summed E-state index contributed by atoms with van der Waals surface area (Å²) in [6, 6.07) is 12.6. The number of hydrogen-bond acceptors (Lipinski definition) is 5. The minimum absolute atomic E-state index is 0.543. The van der Waals surface area contributed by atoms with E-state index in [9.17, 15) is 13.2 Å². The summed E-state index contributed by atoms with van der Waals surface area (Å²) in [6.07, 6.45) is -1.09. The lowest BCUT2D eigenvalue weighted by Crippen LogP contribution is -2.27. The molecule has 0 aliphatic carbocycles. The zero-order chi connectivity index (χ0) is 21.0. The fourth-order valence-corrected chi connectivity index (χ4v) is 3.46. The van der Waals surface area contributed by atoms with Gasteiger partial charge in [0.1, 0.15) is 17.3 Å². The Bertz CT molecular complexity index is 988. The fourth-order valence-electron chi connectivity index (χ4n) is 3.46. The molecule has 0 amide bonds. The Morgan fingerprint density at radius 3 is 2.57 bits per heavy atom. The van der Waals surface area contributed by atoms with Crippen LogP contribution in [0.5, 0.6) is 0 Å². The van der Waals surface area contributed by atoms with Crippen LogP contribution in [0.15, 0.2) is 48.7 Å². The number of alkyl halides is 3. The summed E-state index contributed by atoms with van der Waals surface area (Å²) in [5, 5.41) is 6.69. The Morgan fingerprint density at radius 2 is 1.83 bits per heavy atom. The van der Waals surface area contributed by atoms with Crippen molar-refractivity contribution < 1.29 is 13.2 Å². The number of hydrogen-bond donors (Lipinski definition) is 2. The molecule has 8 heteroatoms. The van der Waals surface area contributed by atoms with Gasteiger partial charge in [-0.25, -0.2) is 9.97 Å². The van der Waals surface area contributed by atoms with Crippen LogP contribution in [0.25, 0.3) is 0 Å². The molecule has 0 saturated heterocycles. The van der Waals surface area contributed by atoms with E-state index in [1.165, 1.54) is 12.3 Å². The fraction of sp³-hybridized carbons (Fsp3) is 0.318. The average molecular weight is 413 g/mol. The van der Waals surface area contributed by atoms with E-state index >= 15 is 0 Å². The first kappa shape index (κ1) is 20.3. The van der Waals surface area contributed by atoms with Gasteiger partial charge >= 0.3 is 6.18 Å². The van der Waals surface area contributed by atoms with Crippen LogP contribution >= 0.6 is 0 Å². The summed E-state index contributed by atoms with van der Waals surface area (Å²) in [4.78, 5) is 13.0. The van der Waals surface area contributed by atoms with E-state index in [1.54, 1.807) is 0 Å². The minimum Gasteiger partial charge on any atom is -0.369 e. The number of nitrogens with zero attached hydrogens (tertiary/aromatic N) is 3. The summed E-state index contributed by atoms with van der Waals surface area (Å²) < 4.78 is 38.0. The molecule has 156 valence electrons. The lowest BCUT2D eigenvalue weighted by Gasteiger charge is -2.21. The Balaban J connectivity index is 1.46. The first-order valence-electron chi connectivity index (χ1n) is 9.88. The monoisotopic (exact) mass is 413 g/mol. The number of nitrogens with one attached hydrogen (secondary N) is 2. The molecule has 0 bridgehead atoms. The smallest absolute Gasteiger partial charge is 0.369 e. The highest BCUT2D eigenvalue weighted by Gasteiger charge is 2.31. The molecular formula is C22H22F3N5. The highest BCUT2D eigenvalue weighted by molar-refractivity contribution is 5.48. The van der Waals surface area contributed by atoms with Crippen molar-refractivity contribution in [1.82, 2.24) is 20.3 Å². The summed E-state index contributed by atoms with van der Waals surface area (Å²) in [5.41, 5.74) is 3.12. The molecule has 30 heavy (non-hydrogen) atoms. The molecule has 0 radical (unpaired) electrons. The molecule has 3 heterocycles. The van der Waals surface area contributed by atoms with E-state index in [2.05, 4.69) is 27.8 Å². The van der Waals surface area contributed by atoms with Crippen LogP contribution < -0.4 is 10.6 Å². The summed E-state index contributed by atoms with van der Waals surface area (Å²) in [6.45, 7) is 2.12. The maximum Gasteiger partial charge on any atom is 0.433 e. The molecular weight excluding hydrogens is 391 g/mol. The lowest BCUT2D eigenvalue weighted by atomic mass is 10.1. The molecule has 3 aromatic rings. The van der Waals surface area contributed by atoms with Gasteiger partial charge in [-0.3, -0.25) is 4.98 Å². The highest BCUT2D eigenvalue weighted by atomic mass is 19.4. The molecule has 0 saturated carbocycles. The number of benzene rings is 1. The Hall–Kier alpha value is -3.00. The largest absolute Gasteiger partial charge is 0.433 e.